The van der Waals surface area contributed by atoms with Crippen molar-refractivity contribution in [1.29, 1.82) is 0 Å². The van der Waals surface area contributed by atoms with Gasteiger partial charge in [-0.1, -0.05) is 78.0 Å². The number of fused-ring (bicyclic) bond motifs is 1. The van der Waals surface area contributed by atoms with E-state index in [4.69, 9.17) is 16.3 Å². The Balaban J connectivity index is 1.46. The van der Waals surface area contributed by atoms with Gasteiger partial charge < -0.3 is 9.84 Å². The van der Waals surface area contributed by atoms with Crippen LogP contribution in [0, 0.1) is 0 Å². The molecule has 0 aliphatic heterocycles. The molecule has 5 aromatic rings. The molecule has 0 saturated heterocycles. The summed E-state index contributed by atoms with van der Waals surface area (Å²) in [6.07, 6.45) is 0. The Kier molecular flexibility index (Phi) is 6.78. The van der Waals surface area contributed by atoms with Gasteiger partial charge in [0.25, 0.3) is 10.0 Å². The Labute approximate surface area is 218 Å². The molecule has 0 atom stereocenters. The smallest absolute Gasteiger partial charge is 0.261 e. The van der Waals surface area contributed by atoms with E-state index in [1.807, 2.05) is 30.3 Å². The Morgan fingerprint density at radius 3 is 2.14 bits per heavy atom. The van der Waals surface area contributed by atoms with E-state index in [0.717, 1.165) is 4.90 Å². The monoisotopic (exact) mass is 533 g/mol. The fourth-order valence-electron chi connectivity index (χ4n) is 3.66. The molecule has 8 heteroatoms. The Morgan fingerprint density at radius 1 is 0.778 bits per heavy atom. The second-order valence-electron chi connectivity index (χ2n) is 7.84. The maximum absolute atomic E-state index is 13.3. The average molecular weight is 534 g/mol. The number of phenolic OH excluding ortho intramolecular Hbond substituents is 1. The predicted molar refractivity (Wildman–Crippen MR) is 145 cm³/mol. The number of hydrogen-bond acceptors (Lipinski definition) is 5. The molecule has 0 heterocycles. The Bertz CT molecular complexity index is 1640. The summed E-state index contributed by atoms with van der Waals surface area (Å²) in [6.45, 7) is 0. The van der Waals surface area contributed by atoms with Crippen LogP contribution in [0.4, 0.5) is 5.69 Å². The summed E-state index contributed by atoms with van der Waals surface area (Å²) in [7, 11) is -3.93. The lowest BCUT2D eigenvalue weighted by Gasteiger charge is -2.15. The molecule has 5 nitrogen and oxygen atoms in total. The number of sulfonamides is 1. The molecule has 0 aromatic heterocycles. The van der Waals surface area contributed by atoms with Gasteiger partial charge in [-0.2, -0.15) is 0 Å². The average Bonchev–Trinajstić information content (AvgIpc) is 2.89. The molecule has 0 amide bonds. The summed E-state index contributed by atoms with van der Waals surface area (Å²) in [5.41, 5.74) is 0.373. The molecule has 0 unspecified atom stereocenters. The highest BCUT2D eigenvalue weighted by Gasteiger charge is 2.19. The molecule has 5 rings (SSSR count). The van der Waals surface area contributed by atoms with E-state index >= 15 is 0 Å². The van der Waals surface area contributed by atoms with Crippen LogP contribution in [0.3, 0.4) is 0 Å². The van der Waals surface area contributed by atoms with Gasteiger partial charge in [-0.25, -0.2) is 8.42 Å². The van der Waals surface area contributed by atoms with Crippen LogP contribution in [-0.4, -0.2) is 13.5 Å². The SMILES string of the molecule is O=S(=O)(Nc1cc(Sc2ccccc2)c(O)c2ccccc12)c1ccc(Oc2ccccc2Cl)cc1. The molecule has 36 heavy (non-hydrogen) atoms. The van der Waals surface area contributed by atoms with E-state index in [1.54, 1.807) is 66.7 Å². The van der Waals surface area contributed by atoms with Crippen LogP contribution in [0.15, 0.2) is 124 Å². The highest BCUT2D eigenvalue weighted by Crippen LogP contribution is 2.43. The number of aromatic hydroxyl groups is 1. The van der Waals surface area contributed by atoms with Gasteiger partial charge in [0.2, 0.25) is 0 Å². The molecular weight excluding hydrogens is 514 g/mol. The van der Waals surface area contributed by atoms with Crippen LogP contribution in [-0.2, 0) is 10.0 Å². The van der Waals surface area contributed by atoms with Gasteiger partial charge in [0.05, 0.1) is 20.5 Å². The number of anilines is 1. The Morgan fingerprint density at radius 2 is 1.42 bits per heavy atom. The maximum Gasteiger partial charge on any atom is 0.261 e. The summed E-state index contributed by atoms with van der Waals surface area (Å²) in [4.78, 5) is 1.54. The molecule has 5 aromatic carbocycles. The topological polar surface area (TPSA) is 75.6 Å². The van der Waals surface area contributed by atoms with Crippen molar-refractivity contribution in [1.82, 2.24) is 0 Å². The minimum Gasteiger partial charge on any atom is -0.506 e. The lowest BCUT2D eigenvalue weighted by Crippen LogP contribution is -2.13. The predicted octanol–water partition coefficient (Wildman–Crippen LogP) is 7.94. The van der Waals surface area contributed by atoms with E-state index in [2.05, 4.69) is 4.72 Å². The van der Waals surface area contributed by atoms with Crippen molar-refractivity contribution in [2.45, 2.75) is 14.7 Å². The quantitative estimate of drug-likeness (QED) is 0.208. The van der Waals surface area contributed by atoms with Crippen LogP contribution >= 0.6 is 23.4 Å². The zero-order chi connectivity index (χ0) is 25.1. The fourth-order valence-corrected chi connectivity index (χ4v) is 5.83. The van der Waals surface area contributed by atoms with E-state index in [-0.39, 0.29) is 10.6 Å². The zero-order valence-corrected chi connectivity index (χ0v) is 21.1. The third-order valence-electron chi connectivity index (χ3n) is 5.40. The van der Waals surface area contributed by atoms with Crippen molar-refractivity contribution in [2.75, 3.05) is 4.72 Å². The number of hydrogen-bond donors (Lipinski definition) is 2. The standard InChI is InChI=1S/C28H20ClNO4S2/c29-24-12-6-7-13-26(24)34-19-14-16-21(17-15-19)36(32,33)30-25-18-27(35-20-8-2-1-3-9-20)28(31)23-11-5-4-10-22(23)25/h1-18,30-31H. The number of rotatable bonds is 7. The molecule has 0 saturated carbocycles. The highest BCUT2D eigenvalue weighted by molar-refractivity contribution is 7.99. The summed E-state index contributed by atoms with van der Waals surface area (Å²) in [5, 5.41) is 12.5. The third kappa shape index (κ3) is 5.14. The fraction of sp³-hybridized carbons (Fsp3) is 0. The highest BCUT2D eigenvalue weighted by atomic mass is 35.5. The number of halogens is 1. The molecule has 0 bridgehead atoms. The van der Waals surface area contributed by atoms with Crippen molar-refractivity contribution in [2.24, 2.45) is 0 Å². The lowest BCUT2D eigenvalue weighted by molar-refractivity contribution is 0.469. The molecule has 0 spiro atoms. The molecular formula is C28H20ClNO4S2. The van der Waals surface area contributed by atoms with Crippen molar-refractivity contribution in [3.05, 3.63) is 114 Å². The van der Waals surface area contributed by atoms with Crippen LogP contribution in [0.5, 0.6) is 17.2 Å². The third-order valence-corrected chi connectivity index (χ3v) is 8.13. The summed E-state index contributed by atoms with van der Waals surface area (Å²) in [6, 6.07) is 31.5. The maximum atomic E-state index is 13.3. The molecule has 2 N–H and O–H groups in total. The van der Waals surface area contributed by atoms with Crippen LogP contribution in [0.1, 0.15) is 0 Å². The molecule has 0 radical (unpaired) electrons. The van der Waals surface area contributed by atoms with E-state index < -0.39 is 10.0 Å². The molecule has 180 valence electrons. The molecule has 0 fully saturated rings. The first-order chi connectivity index (χ1) is 17.4. The van der Waals surface area contributed by atoms with Crippen LogP contribution in [0.25, 0.3) is 10.8 Å². The first-order valence-electron chi connectivity index (χ1n) is 10.9. The first-order valence-corrected chi connectivity index (χ1v) is 13.6. The second-order valence-corrected chi connectivity index (χ2v) is 11.0. The van der Waals surface area contributed by atoms with Crippen LogP contribution in [0.2, 0.25) is 5.02 Å². The Hall–Kier alpha value is -3.65. The van der Waals surface area contributed by atoms with E-state index in [1.165, 1.54) is 23.9 Å². The van der Waals surface area contributed by atoms with Gasteiger partial charge in [-0.15, -0.1) is 0 Å². The second kappa shape index (κ2) is 10.1. The lowest BCUT2D eigenvalue weighted by atomic mass is 10.1. The van der Waals surface area contributed by atoms with Crippen molar-refractivity contribution < 1.29 is 18.3 Å². The summed E-state index contributed by atoms with van der Waals surface area (Å²) < 4.78 is 35.0. The summed E-state index contributed by atoms with van der Waals surface area (Å²) >= 11 is 7.50. The van der Waals surface area contributed by atoms with E-state index in [0.29, 0.717) is 37.9 Å². The van der Waals surface area contributed by atoms with Gasteiger partial charge in [0.1, 0.15) is 17.2 Å². The van der Waals surface area contributed by atoms with Crippen LogP contribution < -0.4 is 9.46 Å². The van der Waals surface area contributed by atoms with Gasteiger partial charge >= 0.3 is 0 Å². The zero-order valence-electron chi connectivity index (χ0n) is 18.8. The van der Waals surface area contributed by atoms with Gasteiger partial charge in [-0.05, 0) is 54.6 Å². The summed E-state index contributed by atoms with van der Waals surface area (Å²) in [5.74, 6) is 1.04. The van der Waals surface area contributed by atoms with Crippen molar-refractivity contribution in [3.8, 4) is 17.2 Å². The molecule has 0 aliphatic carbocycles. The number of ether oxygens (including phenoxy) is 1. The van der Waals surface area contributed by atoms with Crippen molar-refractivity contribution in [3.63, 3.8) is 0 Å². The van der Waals surface area contributed by atoms with Gasteiger partial charge in [0.15, 0.2) is 0 Å². The minimum atomic E-state index is -3.93. The number of para-hydroxylation sites is 1. The number of nitrogens with one attached hydrogen (secondary N) is 1. The van der Waals surface area contributed by atoms with E-state index in [9.17, 15) is 13.5 Å². The number of benzene rings is 5. The normalized spacial score (nSPS) is 11.4. The largest absolute Gasteiger partial charge is 0.506 e. The molecule has 0 aliphatic rings. The van der Waals surface area contributed by atoms with Gasteiger partial charge in [0, 0.05) is 15.7 Å². The van der Waals surface area contributed by atoms with Crippen molar-refractivity contribution >= 4 is 49.8 Å². The number of phenols is 1. The first kappa shape index (κ1) is 24.1. The minimum absolute atomic E-state index is 0.0726. The van der Waals surface area contributed by atoms with Gasteiger partial charge in [-0.3, -0.25) is 4.72 Å².